The second kappa shape index (κ2) is 11.6. The number of methoxy groups -OCH3 is 1. The maximum absolute atomic E-state index is 12.7. The van der Waals surface area contributed by atoms with Crippen LogP contribution in [0.1, 0.15) is 12.0 Å². The third kappa shape index (κ3) is 6.22. The fourth-order valence-electron chi connectivity index (χ4n) is 3.26. The average molecular weight is 494 g/mol. The highest BCUT2D eigenvalue weighted by atomic mass is 32.2. The molecule has 0 atom stereocenters. The smallest absolute Gasteiger partial charge is 0.261 e. The van der Waals surface area contributed by atoms with E-state index in [2.05, 4.69) is 10.4 Å². The van der Waals surface area contributed by atoms with Crippen LogP contribution in [0.2, 0.25) is 0 Å². The van der Waals surface area contributed by atoms with Crippen LogP contribution < -0.4 is 5.32 Å². The van der Waals surface area contributed by atoms with Gasteiger partial charge in [0.2, 0.25) is 10.0 Å². The van der Waals surface area contributed by atoms with E-state index < -0.39 is 15.9 Å². The number of benzene rings is 2. The number of amides is 1. The van der Waals surface area contributed by atoms with Crippen LogP contribution in [0, 0.1) is 11.3 Å². The van der Waals surface area contributed by atoms with Crippen LogP contribution in [-0.2, 0) is 19.6 Å². The molecule has 0 fully saturated rings. The second-order valence-electron chi connectivity index (χ2n) is 7.80. The van der Waals surface area contributed by atoms with Gasteiger partial charge in [0, 0.05) is 51.7 Å². The fraction of sp³-hybridized carbons (Fsp3) is 0.240. The summed E-state index contributed by atoms with van der Waals surface area (Å²) >= 11 is 0. The lowest BCUT2D eigenvalue weighted by Crippen LogP contribution is -2.26. The summed E-state index contributed by atoms with van der Waals surface area (Å²) in [6.07, 6.45) is 3.78. The van der Waals surface area contributed by atoms with Crippen molar-refractivity contribution in [2.75, 3.05) is 34.4 Å². The van der Waals surface area contributed by atoms with Gasteiger partial charge in [0.25, 0.3) is 5.91 Å². The molecule has 0 bridgehead atoms. The molecule has 9 nitrogen and oxygen atoms in total. The number of nitriles is 1. The number of nitrogens with one attached hydrogen (secondary N) is 1. The molecule has 0 aliphatic carbocycles. The van der Waals surface area contributed by atoms with Crippen molar-refractivity contribution in [1.29, 1.82) is 5.26 Å². The van der Waals surface area contributed by atoms with Gasteiger partial charge in [0.15, 0.2) is 0 Å². The molecule has 0 saturated carbocycles. The fourth-order valence-corrected chi connectivity index (χ4v) is 4.21. The lowest BCUT2D eigenvalue weighted by molar-refractivity contribution is -0.117. The molecular formula is C25H27N5O4S. The predicted octanol–water partition coefficient (Wildman–Crippen LogP) is 2.85. The van der Waals surface area contributed by atoms with Crippen molar-refractivity contribution in [3.8, 4) is 23.0 Å². The Kier molecular flexibility index (Phi) is 8.54. The standard InChI is InChI=1S/C25H27N5O4S/c1-29(2)35(32,33)23-12-7-9-19(16-23)24-21(18-30(28-24)22-10-5-4-6-11-22)15-20(17-26)25(31)27-13-8-14-34-3/h4-7,9-12,15-16,18H,8,13-14H2,1-3H3,(H,27,31)/b20-15-. The number of sulfonamides is 1. The highest BCUT2D eigenvalue weighted by Crippen LogP contribution is 2.28. The Morgan fingerprint density at radius 3 is 2.60 bits per heavy atom. The van der Waals surface area contributed by atoms with E-state index in [0.717, 1.165) is 9.99 Å². The molecule has 0 saturated heterocycles. The summed E-state index contributed by atoms with van der Waals surface area (Å²) in [7, 11) is 0.837. The number of ether oxygens (including phenoxy) is 1. The van der Waals surface area contributed by atoms with Crippen molar-refractivity contribution in [3.05, 3.63) is 71.9 Å². The lowest BCUT2D eigenvalue weighted by atomic mass is 10.1. The van der Waals surface area contributed by atoms with E-state index in [9.17, 15) is 18.5 Å². The Morgan fingerprint density at radius 1 is 1.20 bits per heavy atom. The maximum Gasteiger partial charge on any atom is 0.261 e. The Balaban J connectivity index is 2.08. The maximum atomic E-state index is 12.7. The summed E-state index contributed by atoms with van der Waals surface area (Å²) in [5, 5.41) is 17.0. The first kappa shape index (κ1) is 25.8. The summed E-state index contributed by atoms with van der Waals surface area (Å²) in [6, 6.07) is 17.7. The van der Waals surface area contributed by atoms with Gasteiger partial charge >= 0.3 is 0 Å². The van der Waals surface area contributed by atoms with Gasteiger partial charge < -0.3 is 10.1 Å². The molecule has 3 aromatic rings. The van der Waals surface area contributed by atoms with Crippen LogP contribution in [0.15, 0.2) is 71.3 Å². The normalized spacial score (nSPS) is 11.9. The largest absolute Gasteiger partial charge is 0.385 e. The van der Waals surface area contributed by atoms with Crippen molar-refractivity contribution in [3.63, 3.8) is 0 Å². The second-order valence-corrected chi connectivity index (χ2v) is 9.95. The van der Waals surface area contributed by atoms with Crippen molar-refractivity contribution < 1.29 is 17.9 Å². The molecule has 182 valence electrons. The molecule has 1 amide bonds. The third-order valence-corrected chi connectivity index (χ3v) is 6.94. The van der Waals surface area contributed by atoms with E-state index in [0.29, 0.717) is 36.4 Å². The third-order valence-electron chi connectivity index (χ3n) is 5.13. The molecule has 2 aromatic carbocycles. The zero-order valence-electron chi connectivity index (χ0n) is 19.8. The van der Waals surface area contributed by atoms with E-state index in [-0.39, 0.29) is 10.5 Å². The molecule has 3 rings (SSSR count). The van der Waals surface area contributed by atoms with E-state index in [1.54, 1.807) is 30.1 Å². The first-order chi connectivity index (χ1) is 16.8. The number of carbonyl (C=O) groups is 1. The van der Waals surface area contributed by atoms with Crippen molar-refractivity contribution in [2.45, 2.75) is 11.3 Å². The zero-order valence-corrected chi connectivity index (χ0v) is 20.6. The van der Waals surface area contributed by atoms with Crippen LogP contribution in [-0.4, -0.2) is 62.8 Å². The topological polar surface area (TPSA) is 117 Å². The van der Waals surface area contributed by atoms with Gasteiger partial charge in [-0.15, -0.1) is 0 Å². The van der Waals surface area contributed by atoms with Crippen LogP contribution in [0.5, 0.6) is 0 Å². The molecule has 10 heteroatoms. The van der Waals surface area contributed by atoms with Crippen molar-refractivity contribution in [1.82, 2.24) is 19.4 Å². The van der Waals surface area contributed by atoms with Crippen LogP contribution in [0.4, 0.5) is 0 Å². The lowest BCUT2D eigenvalue weighted by Gasteiger charge is -2.12. The highest BCUT2D eigenvalue weighted by molar-refractivity contribution is 7.89. The van der Waals surface area contributed by atoms with Gasteiger partial charge in [-0.1, -0.05) is 30.3 Å². The number of aromatic nitrogens is 2. The van der Waals surface area contributed by atoms with Gasteiger partial charge in [-0.25, -0.2) is 17.4 Å². The Bertz CT molecular complexity index is 1360. The zero-order chi connectivity index (χ0) is 25.4. The minimum Gasteiger partial charge on any atom is -0.385 e. The molecule has 35 heavy (non-hydrogen) atoms. The van der Waals surface area contributed by atoms with Crippen molar-refractivity contribution >= 4 is 22.0 Å². The van der Waals surface area contributed by atoms with Gasteiger partial charge in [-0.2, -0.15) is 10.4 Å². The molecule has 0 radical (unpaired) electrons. The number of carbonyl (C=O) groups excluding carboxylic acids is 1. The summed E-state index contributed by atoms with van der Waals surface area (Å²) in [4.78, 5) is 12.7. The van der Waals surface area contributed by atoms with Gasteiger partial charge in [-0.05, 0) is 36.8 Å². The predicted molar refractivity (Wildman–Crippen MR) is 133 cm³/mol. The Labute approximate surface area is 205 Å². The molecule has 1 aromatic heterocycles. The first-order valence-corrected chi connectivity index (χ1v) is 12.3. The quantitative estimate of drug-likeness (QED) is 0.264. The summed E-state index contributed by atoms with van der Waals surface area (Å²) < 4.78 is 33.1. The molecule has 1 N–H and O–H groups in total. The van der Waals surface area contributed by atoms with Gasteiger partial charge in [0.05, 0.1) is 10.6 Å². The highest BCUT2D eigenvalue weighted by Gasteiger charge is 2.20. The van der Waals surface area contributed by atoms with Gasteiger partial charge in [-0.3, -0.25) is 4.79 Å². The first-order valence-electron chi connectivity index (χ1n) is 10.8. The van der Waals surface area contributed by atoms with E-state index in [4.69, 9.17) is 4.74 Å². The Morgan fingerprint density at radius 2 is 1.94 bits per heavy atom. The number of hydrogen-bond acceptors (Lipinski definition) is 6. The SMILES string of the molecule is COCCCNC(=O)/C(C#N)=C\c1cn(-c2ccccc2)nc1-c1cccc(S(=O)(=O)N(C)C)c1. The molecule has 1 heterocycles. The van der Waals surface area contributed by atoms with Crippen LogP contribution in [0.3, 0.4) is 0 Å². The number of rotatable bonds is 10. The minimum absolute atomic E-state index is 0.0895. The van der Waals surface area contributed by atoms with E-state index in [1.807, 2.05) is 36.4 Å². The Hall–Kier alpha value is -3.78. The minimum atomic E-state index is -3.67. The van der Waals surface area contributed by atoms with Gasteiger partial charge in [0.1, 0.15) is 17.3 Å². The molecule has 0 unspecified atom stereocenters. The number of nitrogens with zero attached hydrogens (tertiary/aromatic N) is 4. The monoisotopic (exact) mass is 493 g/mol. The summed E-state index contributed by atoms with van der Waals surface area (Å²) in [5.41, 5.74) is 2.15. The number of hydrogen-bond donors (Lipinski definition) is 1. The van der Waals surface area contributed by atoms with E-state index >= 15 is 0 Å². The summed E-state index contributed by atoms with van der Waals surface area (Å²) in [6.45, 7) is 0.859. The molecule has 0 aliphatic heterocycles. The molecular weight excluding hydrogens is 466 g/mol. The molecule has 0 spiro atoms. The summed E-state index contributed by atoms with van der Waals surface area (Å²) in [5.74, 6) is -0.508. The van der Waals surface area contributed by atoms with Crippen LogP contribution in [0.25, 0.3) is 23.0 Å². The van der Waals surface area contributed by atoms with Crippen LogP contribution >= 0.6 is 0 Å². The number of para-hydroxylation sites is 1. The van der Waals surface area contributed by atoms with E-state index in [1.165, 1.54) is 32.3 Å². The molecule has 0 aliphatic rings. The van der Waals surface area contributed by atoms with Crippen molar-refractivity contribution in [2.24, 2.45) is 0 Å². The average Bonchev–Trinajstić information content (AvgIpc) is 3.29.